The van der Waals surface area contributed by atoms with E-state index < -0.39 is 41.3 Å². The third-order valence-electron chi connectivity index (χ3n) is 3.81. The molecule has 3 rings (SSSR count). The molecule has 3 amide bonds. The number of cyclic esters (lactones) is 1. The highest BCUT2D eigenvalue weighted by molar-refractivity contribution is 5.96. The van der Waals surface area contributed by atoms with Crippen LogP contribution in [0.15, 0.2) is 12.1 Å². The fourth-order valence-corrected chi connectivity index (χ4v) is 2.67. The number of hydrogen-bond acceptors (Lipinski definition) is 6. The average Bonchev–Trinajstić information content (AvgIpc) is 3.16. The van der Waals surface area contributed by atoms with Gasteiger partial charge in [-0.25, -0.2) is 13.6 Å². The van der Waals surface area contributed by atoms with Gasteiger partial charge < -0.3 is 14.4 Å². The Morgan fingerprint density at radius 3 is 2.52 bits per heavy atom. The highest BCUT2D eigenvalue weighted by Gasteiger charge is 2.33. The van der Waals surface area contributed by atoms with E-state index in [1.54, 1.807) is 0 Å². The minimum Gasteiger partial charge on any atom is -0.447 e. The number of anilines is 2. The van der Waals surface area contributed by atoms with Crippen LogP contribution in [0.4, 0.5) is 25.0 Å². The van der Waals surface area contributed by atoms with E-state index in [-0.39, 0.29) is 32.1 Å². The summed E-state index contributed by atoms with van der Waals surface area (Å²) < 4.78 is 38.6. The number of hydrogen-bond donors (Lipinski definition) is 1. The van der Waals surface area contributed by atoms with Crippen molar-refractivity contribution in [1.82, 2.24) is 5.32 Å². The number of carbonyl (C=O) groups excluding carboxylic acids is 3. The molecule has 8 nitrogen and oxygen atoms in total. The lowest BCUT2D eigenvalue weighted by Crippen LogP contribution is -2.39. The monoisotopic (exact) mass is 355 g/mol. The topological polar surface area (TPSA) is 88.2 Å². The quantitative estimate of drug-likeness (QED) is 0.861. The van der Waals surface area contributed by atoms with Crippen molar-refractivity contribution in [3.05, 3.63) is 23.8 Å². The zero-order chi connectivity index (χ0) is 18.1. The Balaban J connectivity index is 1.77. The van der Waals surface area contributed by atoms with Crippen molar-refractivity contribution in [1.29, 1.82) is 0 Å². The molecule has 1 unspecified atom stereocenters. The van der Waals surface area contributed by atoms with Crippen LogP contribution in [0.3, 0.4) is 0 Å². The Morgan fingerprint density at radius 2 is 1.96 bits per heavy atom. The third-order valence-corrected chi connectivity index (χ3v) is 3.81. The normalized spacial score (nSPS) is 20.0. The van der Waals surface area contributed by atoms with Gasteiger partial charge in [-0.3, -0.25) is 19.8 Å². The number of benzene rings is 1. The van der Waals surface area contributed by atoms with Crippen molar-refractivity contribution in [2.75, 3.05) is 36.2 Å². The van der Waals surface area contributed by atoms with Crippen molar-refractivity contribution in [3.63, 3.8) is 0 Å². The highest BCUT2D eigenvalue weighted by atomic mass is 19.1. The zero-order valence-electron chi connectivity index (χ0n) is 13.3. The Labute approximate surface area is 141 Å². The molecule has 0 bridgehead atoms. The van der Waals surface area contributed by atoms with E-state index >= 15 is 0 Å². The summed E-state index contributed by atoms with van der Waals surface area (Å²) in [6.07, 6.45) is -1.74. The molecule has 0 spiro atoms. The molecular formula is C15H15F2N3O5. The van der Waals surface area contributed by atoms with E-state index in [0.29, 0.717) is 0 Å². The van der Waals surface area contributed by atoms with Gasteiger partial charge in [0, 0.05) is 12.6 Å². The van der Waals surface area contributed by atoms with Crippen molar-refractivity contribution >= 4 is 29.3 Å². The van der Waals surface area contributed by atoms with Crippen LogP contribution in [-0.4, -0.2) is 50.4 Å². The van der Waals surface area contributed by atoms with E-state index in [1.807, 2.05) is 0 Å². The minimum absolute atomic E-state index is 0.0308. The SMILES string of the molecule is CC(=O)NC(=O)C1CN(c2cc(F)c(N3CCOC3=O)c(F)c2)CO1. The maximum atomic E-state index is 14.3. The van der Waals surface area contributed by atoms with Crippen LogP contribution in [0, 0.1) is 11.6 Å². The molecule has 2 aliphatic rings. The second-order valence-corrected chi connectivity index (χ2v) is 5.58. The largest absolute Gasteiger partial charge is 0.447 e. The molecule has 1 aromatic carbocycles. The van der Waals surface area contributed by atoms with E-state index in [4.69, 9.17) is 4.74 Å². The van der Waals surface area contributed by atoms with E-state index in [2.05, 4.69) is 10.1 Å². The number of imide groups is 1. The lowest BCUT2D eigenvalue weighted by atomic mass is 10.2. The van der Waals surface area contributed by atoms with Crippen LogP contribution in [-0.2, 0) is 19.1 Å². The molecule has 2 aliphatic heterocycles. The van der Waals surface area contributed by atoms with Crippen LogP contribution in [0.1, 0.15) is 6.92 Å². The minimum atomic E-state index is -0.928. The van der Waals surface area contributed by atoms with Crippen LogP contribution in [0.25, 0.3) is 0 Å². The first-order valence-electron chi connectivity index (χ1n) is 7.48. The highest BCUT2D eigenvalue weighted by Crippen LogP contribution is 2.31. The summed E-state index contributed by atoms with van der Waals surface area (Å²) in [4.78, 5) is 36.5. The summed E-state index contributed by atoms with van der Waals surface area (Å²) in [5.41, 5.74) is -0.318. The smallest absolute Gasteiger partial charge is 0.414 e. The molecular weight excluding hydrogens is 340 g/mol. The molecule has 2 heterocycles. The Kier molecular flexibility index (Phi) is 4.53. The number of nitrogens with zero attached hydrogens (tertiary/aromatic N) is 2. The van der Waals surface area contributed by atoms with Crippen LogP contribution >= 0.6 is 0 Å². The summed E-state index contributed by atoms with van der Waals surface area (Å²) in [5, 5.41) is 2.09. The molecule has 1 N–H and O–H groups in total. The predicted octanol–water partition coefficient (Wildman–Crippen LogP) is 0.747. The number of halogens is 2. The number of carbonyl (C=O) groups is 3. The van der Waals surface area contributed by atoms with Gasteiger partial charge in [-0.1, -0.05) is 0 Å². The van der Waals surface area contributed by atoms with Gasteiger partial charge in [-0.2, -0.15) is 0 Å². The van der Waals surface area contributed by atoms with Crippen LogP contribution in [0.5, 0.6) is 0 Å². The number of ether oxygens (including phenoxy) is 2. The van der Waals surface area contributed by atoms with Gasteiger partial charge in [-0.15, -0.1) is 0 Å². The lowest BCUT2D eigenvalue weighted by molar-refractivity contribution is -0.135. The number of nitrogens with one attached hydrogen (secondary N) is 1. The predicted molar refractivity (Wildman–Crippen MR) is 81.0 cm³/mol. The maximum Gasteiger partial charge on any atom is 0.414 e. The molecule has 1 aromatic rings. The average molecular weight is 355 g/mol. The molecule has 1 atom stereocenters. The summed E-state index contributed by atoms with van der Waals surface area (Å²) >= 11 is 0. The lowest BCUT2D eigenvalue weighted by Gasteiger charge is -2.20. The molecule has 0 aromatic heterocycles. The molecule has 0 radical (unpaired) electrons. The summed E-state index contributed by atoms with van der Waals surface area (Å²) in [7, 11) is 0. The van der Waals surface area contributed by atoms with Gasteiger partial charge in [0.05, 0.1) is 13.1 Å². The fourth-order valence-electron chi connectivity index (χ4n) is 2.67. The summed E-state index contributed by atoms with van der Waals surface area (Å²) in [5.74, 6) is -2.99. The van der Waals surface area contributed by atoms with Crippen LogP contribution in [0.2, 0.25) is 0 Å². The first-order chi connectivity index (χ1) is 11.9. The first-order valence-corrected chi connectivity index (χ1v) is 7.48. The second-order valence-electron chi connectivity index (χ2n) is 5.58. The molecule has 0 aliphatic carbocycles. The Bertz CT molecular complexity index is 719. The fraction of sp³-hybridized carbons (Fsp3) is 0.400. The van der Waals surface area contributed by atoms with Gasteiger partial charge in [0.15, 0.2) is 17.7 Å². The molecule has 25 heavy (non-hydrogen) atoms. The second kappa shape index (κ2) is 6.63. The third kappa shape index (κ3) is 3.38. The van der Waals surface area contributed by atoms with E-state index in [1.165, 1.54) is 11.8 Å². The summed E-state index contributed by atoms with van der Waals surface area (Å²) in [6, 6.07) is 2.11. The van der Waals surface area contributed by atoms with Crippen LogP contribution < -0.4 is 15.1 Å². The van der Waals surface area contributed by atoms with E-state index in [0.717, 1.165) is 17.0 Å². The van der Waals surface area contributed by atoms with Crippen molar-refractivity contribution in [2.45, 2.75) is 13.0 Å². The zero-order valence-corrected chi connectivity index (χ0v) is 13.3. The van der Waals surface area contributed by atoms with Crippen molar-refractivity contribution in [2.24, 2.45) is 0 Å². The van der Waals surface area contributed by atoms with Gasteiger partial charge in [-0.05, 0) is 12.1 Å². The molecule has 134 valence electrons. The number of rotatable bonds is 3. The van der Waals surface area contributed by atoms with Crippen molar-refractivity contribution < 1.29 is 32.6 Å². The number of amides is 3. The standard InChI is InChI=1S/C15H15F2N3O5/c1-8(21)18-14(22)12-6-19(7-25-12)9-4-10(16)13(11(17)5-9)20-2-3-24-15(20)23/h4-5,12H,2-3,6-7H2,1H3,(H,18,21,22). The summed E-state index contributed by atoms with van der Waals surface area (Å²) in [6.45, 7) is 1.28. The van der Waals surface area contributed by atoms with Gasteiger partial charge >= 0.3 is 6.09 Å². The van der Waals surface area contributed by atoms with Crippen molar-refractivity contribution in [3.8, 4) is 0 Å². The van der Waals surface area contributed by atoms with E-state index in [9.17, 15) is 23.2 Å². The molecule has 2 fully saturated rings. The molecule has 2 saturated heterocycles. The Hall–Kier alpha value is -2.75. The molecule has 10 heteroatoms. The Morgan fingerprint density at radius 1 is 1.28 bits per heavy atom. The van der Waals surface area contributed by atoms with Gasteiger partial charge in [0.1, 0.15) is 19.0 Å². The maximum absolute atomic E-state index is 14.3. The first kappa shape index (κ1) is 17.1. The molecule has 0 saturated carbocycles. The van der Waals surface area contributed by atoms with Gasteiger partial charge in [0.2, 0.25) is 5.91 Å². The van der Waals surface area contributed by atoms with Gasteiger partial charge in [0.25, 0.3) is 5.91 Å².